The number of anilines is 1. The molecule has 0 aliphatic carbocycles. The van der Waals surface area contributed by atoms with Gasteiger partial charge in [0.2, 0.25) is 0 Å². The van der Waals surface area contributed by atoms with E-state index < -0.39 is 11.9 Å². The molecular formula is C12H13BN4O2. The van der Waals surface area contributed by atoms with E-state index in [1.54, 1.807) is 6.07 Å². The van der Waals surface area contributed by atoms with E-state index in [9.17, 15) is 9.59 Å². The Bertz CT molecular complexity index is 651. The molecule has 2 aromatic rings. The lowest BCUT2D eigenvalue weighted by Gasteiger charge is -2.01. The van der Waals surface area contributed by atoms with Crippen LogP contribution in [0.3, 0.4) is 0 Å². The van der Waals surface area contributed by atoms with Gasteiger partial charge in [-0.2, -0.15) is 0 Å². The summed E-state index contributed by atoms with van der Waals surface area (Å²) in [4.78, 5) is 25.1. The molecule has 7 heteroatoms. The van der Waals surface area contributed by atoms with Gasteiger partial charge in [0.05, 0.1) is 5.56 Å². The van der Waals surface area contributed by atoms with E-state index in [4.69, 9.17) is 11.5 Å². The van der Waals surface area contributed by atoms with Crippen LogP contribution in [0.25, 0.3) is 11.3 Å². The van der Waals surface area contributed by atoms with Gasteiger partial charge < -0.3 is 16.5 Å². The topological polar surface area (TPSA) is 114 Å². The largest absolute Gasteiger partial charge is 0.365 e. The number of hydrogen-bond donors (Lipinski definition) is 4. The van der Waals surface area contributed by atoms with Crippen molar-refractivity contribution < 1.29 is 9.59 Å². The first-order valence-corrected chi connectivity index (χ1v) is 5.63. The van der Waals surface area contributed by atoms with E-state index in [1.807, 2.05) is 32.1 Å². The van der Waals surface area contributed by atoms with Crippen LogP contribution >= 0.6 is 0 Å². The fourth-order valence-electron chi connectivity index (χ4n) is 1.84. The number of hydrogen-bond acceptors (Lipinski definition) is 2. The van der Waals surface area contributed by atoms with E-state index in [0.29, 0.717) is 5.69 Å². The minimum Gasteiger partial charge on any atom is -0.365 e. The van der Waals surface area contributed by atoms with Gasteiger partial charge in [0.25, 0.3) is 5.91 Å². The number of carbonyl (C=O) groups excluding carboxylic acids is 2. The zero-order chi connectivity index (χ0) is 14.0. The van der Waals surface area contributed by atoms with Gasteiger partial charge >= 0.3 is 6.03 Å². The molecule has 96 valence electrons. The number of carbonyl (C=O) groups is 2. The summed E-state index contributed by atoms with van der Waals surface area (Å²) in [5.74, 6) is -0.435. The molecule has 0 saturated carbocycles. The number of rotatable bonds is 3. The summed E-state index contributed by atoms with van der Waals surface area (Å²) in [5.41, 5.74) is 13.1. The SMILES string of the molecule is Bc1cccc(-c2cc(C(N)=O)c(NC(N)=O)[nH]2)c1. The third-order valence-corrected chi connectivity index (χ3v) is 2.66. The van der Waals surface area contributed by atoms with Crippen LogP contribution in [0.15, 0.2) is 30.3 Å². The zero-order valence-corrected chi connectivity index (χ0v) is 10.4. The minimum absolute atomic E-state index is 0.190. The number of aromatic nitrogens is 1. The molecule has 1 aromatic heterocycles. The quantitative estimate of drug-likeness (QED) is 0.556. The van der Waals surface area contributed by atoms with Crippen molar-refractivity contribution in [3.8, 4) is 11.3 Å². The van der Waals surface area contributed by atoms with E-state index in [2.05, 4.69) is 10.3 Å². The molecule has 3 amide bonds. The molecule has 6 N–H and O–H groups in total. The second kappa shape index (κ2) is 4.89. The van der Waals surface area contributed by atoms with Crippen molar-refractivity contribution in [1.29, 1.82) is 0 Å². The molecule has 0 fully saturated rings. The average Bonchev–Trinajstić information content (AvgIpc) is 2.72. The van der Waals surface area contributed by atoms with Gasteiger partial charge in [-0.05, 0) is 11.6 Å². The highest BCUT2D eigenvalue weighted by Crippen LogP contribution is 2.24. The first kappa shape index (κ1) is 12.8. The van der Waals surface area contributed by atoms with Gasteiger partial charge in [-0.25, -0.2) is 4.79 Å². The number of nitrogens with one attached hydrogen (secondary N) is 2. The second-order valence-corrected chi connectivity index (χ2v) is 4.19. The van der Waals surface area contributed by atoms with Gasteiger partial charge in [-0.3, -0.25) is 10.1 Å². The maximum absolute atomic E-state index is 11.3. The molecule has 0 aliphatic heterocycles. The van der Waals surface area contributed by atoms with Crippen LogP contribution in [0.4, 0.5) is 10.6 Å². The standard InChI is InChI=1S/C12H13BN4O2/c13-7-3-1-2-6(4-7)9-5-8(10(14)18)11(16-9)17-12(15)19/h1-5,16H,13H2,(H2,14,18)(H3,15,17,19). The second-order valence-electron chi connectivity index (χ2n) is 4.19. The Morgan fingerprint density at radius 2 is 1.95 bits per heavy atom. The van der Waals surface area contributed by atoms with Gasteiger partial charge in [0, 0.05) is 5.69 Å². The van der Waals surface area contributed by atoms with Crippen molar-refractivity contribution in [2.75, 3.05) is 5.32 Å². The van der Waals surface area contributed by atoms with Crippen LogP contribution in [-0.2, 0) is 0 Å². The van der Waals surface area contributed by atoms with Crippen LogP contribution in [0.2, 0.25) is 0 Å². The Morgan fingerprint density at radius 1 is 1.21 bits per heavy atom. The summed E-state index contributed by atoms with van der Waals surface area (Å²) in [6.45, 7) is 0. The van der Waals surface area contributed by atoms with Gasteiger partial charge in [0.1, 0.15) is 13.7 Å². The Labute approximate surface area is 110 Å². The highest BCUT2D eigenvalue weighted by molar-refractivity contribution is 6.32. The summed E-state index contributed by atoms with van der Waals surface area (Å²) < 4.78 is 0. The highest BCUT2D eigenvalue weighted by atomic mass is 16.2. The van der Waals surface area contributed by atoms with Gasteiger partial charge in [0.15, 0.2) is 0 Å². The van der Waals surface area contributed by atoms with Crippen LogP contribution in [0.1, 0.15) is 10.4 Å². The van der Waals surface area contributed by atoms with Crippen molar-refractivity contribution in [1.82, 2.24) is 4.98 Å². The van der Waals surface area contributed by atoms with E-state index in [0.717, 1.165) is 11.0 Å². The Balaban J connectivity index is 2.48. The van der Waals surface area contributed by atoms with E-state index in [-0.39, 0.29) is 11.4 Å². The first-order valence-electron chi connectivity index (χ1n) is 5.63. The van der Waals surface area contributed by atoms with Crippen LogP contribution in [0, 0.1) is 0 Å². The molecule has 0 saturated heterocycles. The fraction of sp³-hybridized carbons (Fsp3) is 0. The molecule has 0 atom stereocenters. The summed E-state index contributed by atoms with van der Waals surface area (Å²) >= 11 is 0. The molecule has 2 rings (SSSR count). The Morgan fingerprint density at radius 3 is 2.53 bits per heavy atom. The fourth-order valence-corrected chi connectivity index (χ4v) is 1.84. The van der Waals surface area contributed by atoms with E-state index >= 15 is 0 Å². The molecule has 0 spiro atoms. The summed E-state index contributed by atoms with van der Waals surface area (Å²) in [7, 11) is 1.96. The number of primary amides is 2. The maximum Gasteiger partial charge on any atom is 0.317 e. The summed E-state index contributed by atoms with van der Waals surface area (Å²) in [6.07, 6.45) is 0. The lowest BCUT2D eigenvalue weighted by atomic mass is 9.94. The third-order valence-electron chi connectivity index (χ3n) is 2.66. The lowest BCUT2D eigenvalue weighted by molar-refractivity contribution is 0.100. The monoisotopic (exact) mass is 256 g/mol. The number of amides is 3. The van der Waals surface area contributed by atoms with Crippen molar-refractivity contribution >= 4 is 31.1 Å². The summed E-state index contributed by atoms with van der Waals surface area (Å²) in [5, 5.41) is 2.34. The lowest BCUT2D eigenvalue weighted by Crippen LogP contribution is -2.22. The van der Waals surface area contributed by atoms with Crippen molar-refractivity contribution in [3.63, 3.8) is 0 Å². The molecule has 0 unspecified atom stereocenters. The third kappa shape index (κ3) is 2.76. The zero-order valence-electron chi connectivity index (χ0n) is 10.4. The first-order chi connectivity index (χ1) is 8.97. The predicted molar refractivity (Wildman–Crippen MR) is 76.1 cm³/mol. The predicted octanol–water partition coefficient (Wildman–Crippen LogP) is -0.470. The van der Waals surface area contributed by atoms with E-state index in [1.165, 1.54) is 0 Å². The molecule has 19 heavy (non-hydrogen) atoms. The maximum atomic E-state index is 11.3. The molecule has 1 heterocycles. The van der Waals surface area contributed by atoms with Crippen molar-refractivity contribution in [3.05, 3.63) is 35.9 Å². The number of urea groups is 1. The normalized spacial score (nSPS) is 10.1. The molecule has 0 aliphatic rings. The van der Waals surface area contributed by atoms with Crippen molar-refractivity contribution in [2.45, 2.75) is 0 Å². The smallest absolute Gasteiger partial charge is 0.317 e. The number of H-pyrrole nitrogens is 1. The highest BCUT2D eigenvalue weighted by Gasteiger charge is 2.15. The Hall–Kier alpha value is -2.70. The number of nitrogens with two attached hydrogens (primary N) is 2. The number of benzene rings is 1. The van der Waals surface area contributed by atoms with Crippen molar-refractivity contribution in [2.24, 2.45) is 11.5 Å². The Kier molecular flexibility index (Phi) is 3.28. The minimum atomic E-state index is -0.764. The molecule has 0 radical (unpaired) electrons. The van der Waals surface area contributed by atoms with Crippen LogP contribution in [0.5, 0.6) is 0 Å². The molecule has 6 nitrogen and oxygen atoms in total. The molecular weight excluding hydrogens is 243 g/mol. The number of aromatic amines is 1. The van der Waals surface area contributed by atoms with Gasteiger partial charge in [-0.15, -0.1) is 0 Å². The summed E-state index contributed by atoms with van der Waals surface area (Å²) in [6, 6.07) is 8.52. The molecule has 0 bridgehead atoms. The van der Waals surface area contributed by atoms with Gasteiger partial charge in [-0.1, -0.05) is 29.7 Å². The van der Waals surface area contributed by atoms with Crippen LogP contribution in [-0.4, -0.2) is 24.8 Å². The molecule has 1 aromatic carbocycles. The average molecular weight is 256 g/mol. The van der Waals surface area contributed by atoms with Crippen LogP contribution < -0.4 is 22.2 Å².